The third kappa shape index (κ3) is 7.80. The van der Waals surface area contributed by atoms with Gasteiger partial charge in [-0.25, -0.2) is 0 Å². The number of hydrogen-bond acceptors (Lipinski definition) is 8. The molecule has 8 nitrogen and oxygen atoms in total. The molecule has 8 heteroatoms. The molecule has 0 aromatic heterocycles. The van der Waals surface area contributed by atoms with Gasteiger partial charge in [-0.3, -0.25) is 0 Å². The van der Waals surface area contributed by atoms with Crippen molar-refractivity contribution in [2.24, 2.45) is 0 Å². The molecule has 1 unspecified atom stereocenters. The van der Waals surface area contributed by atoms with Crippen molar-refractivity contribution in [1.29, 1.82) is 0 Å². The lowest BCUT2D eigenvalue weighted by Crippen LogP contribution is -2.18. The van der Waals surface area contributed by atoms with Crippen LogP contribution in [0.25, 0.3) is 0 Å². The summed E-state index contributed by atoms with van der Waals surface area (Å²) in [6.07, 6.45) is 6.85. The van der Waals surface area contributed by atoms with Gasteiger partial charge in [0, 0.05) is 45.9 Å². The van der Waals surface area contributed by atoms with Crippen LogP contribution in [-0.4, -0.2) is 39.8 Å². The zero-order valence-corrected chi connectivity index (χ0v) is 29.7. The Morgan fingerprint density at radius 2 is 1.40 bits per heavy atom. The summed E-state index contributed by atoms with van der Waals surface area (Å²) in [6.45, 7) is 8.09. The van der Waals surface area contributed by atoms with Crippen LogP contribution in [0.5, 0.6) is 46.0 Å². The zero-order valence-electron chi connectivity index (χ0n) is 29.7. The molecule has 0 fully saturated rings. The Morgan fingerprint density at radius 1 is 0.760 bits per heavy atom. The second kappa shape index (κ2) is 15.5. The molecule has 0 spiro atoms. The maximum absolute atomic E-state index is 11.4. The van der Waals surface area contributed by atoms with E-state index in [-0.39, 0.29) is 28.7 Å². The van der Waals surface area contributed by atoms with E-state index in [2.05, 4.69) is 6.08 Å². The fourth-order valence-electron chi connectivity index (χ4n) is 6.72. The van der Waals surface area contributed by atoms with Crippen molar-refractivity contribution in [2.45, 2.75) is 78.2 Å². The van der Waals surface area contributed by atoms with Crippen LogP contribution in [0.3, 0.4) is 0 Å². The molecule has 0 radical (unpaired) electrons. The van der Waals surface area contributed by atoms with Gasteiger partial charge in [0.1, 0.15) is 52.1 Å². The SMILES string of the molecule is COc1ccc(CCC(c2ccc(O)cc2O)c2cc([C@@H]3CCc4ccc(OC)c(CC=C(C)C)c4O3)c(O)cc2O)c(O)c1CC=C(C)C. The van der Waals surface area contributed by atoms with Crippen LogP contribution >= 0.6 is 0 Å². The first-order valence-electron chi connectivity index (χ1n) is 17.0. The monoisotopic (exact) mass is 680 g/mol. The van der Waals surface area contributed by atoms with E-state index in [0.717, 1.165) is 34.6 Å². The third-order valence-corrected chi connectivity index (χ3v) is 9.42. The molecule has 0 saturated carbocycles. The number of methoxy groups -OCH3 is 2. The number of ether oxygens (including phenoxy) is 3. The van der Waals surface area contributed by atoms with Crippen molar-refractivity contribution in [3.05, 3.63) is 117 Å². The number of aromatic hydroxyl groups is 5. The number of benzene rings is 4. The van der Waals surface area contributed by atoms with E-state index in [1.807, 2.05) is 58.0 Å². The molecule has 1 aliphatic rings. The number of aryl methyl sites for hydroxylation is 2. The van der Waals surface area contributed by atoms with E-state index in [1.54, 1.807) is 26.4 Å². The Hall–Kier alpha value is -5.24. The highest BCUT2D eigenvalue weighted by Crippen LogP contribution is 2.47. The number of phenols is 5. The number of allylic oxidation sites excluding steroid dienone is 4. The van der Waals surface area contributed by atoms with Gasteiger partial charge in [-0.2, -0.15) is 0 Å². The minimum atomic E-state index is -0.582. The fraction of sp³-hybridized carbons (Fsp3) is 0.333. The van der Waals surface area contributed by atoms with Crippen molar-refractivity contribution in [2.75, 3.05) is 14.2 Å². The van der Waals surface area contributed by atoms with Gasteiger partial charge in [-0.15, -0.1) is 0 Å². The summed E-state index contributed by atoms with van der Waals surface area (Å²) < 4.78 is 17.9. The molecule has 264 valence electrons. The average molecular weight is 681 g/mol. The number of fused-ring (bicyclic) bond motifs is 1. The van der Waals surface area contributed by atoms with Gasteiger partial charge < -0.3 is 39.7 Å². The van der Waals surface area contributed by atoms with Gasteiger partial charge in [0.05, 0.1) is 14.2 Å². The molecule has 50 heavy (non-hydrogen) atoms. The highest BCUT2D eigenvalue weighted by Gasteiger charge is 2.30. The molecule has 2 atom stereocenters. The number of rotatable bonds is 12. The molecule has 4 aromatic rings. The van der Waals surface area contributed by atoms with Crippen molar-refractivity contribution >= 4 is 0 Å². The predicted molar refractivity (Wildman–Crippen MR) is 195 cm³/mol. The minimum Gasteiger partial charge on any atom is -0.508 e. The van der Waals surface area contributed by atoms with Crippen LogP contribution < -0.4 is 14.2 Å². The summed E-state index contributed by atoms with van der Waals surface area (Å²) in [5, 5.41) is 55.1. The minimum absolute atomic E-state index is 0.0917. The van der Waals surface area contributed by atoms with E-state index in [9.17, 15) is 25.5 Å². The Balaban J connectivity index is 1.55. The second-order valence-electron chi connectivity index (χ2n) is 13.4. The Bertz CT molecular complexity index is 1910. The molecule has 0 aliphatic carbocycles. The fourth-order valence-corrected chi connectivity index (χ4v) is 6.72. The molecular weight excluding hydrogens is 632 g/mol. The average Bonchev–Trinajstić information content (AvgIpc) is 3.08. The number of hydrogen-bond donors (Lipinski definition) is 5. The van der Waals surface area contributed by atoms with E-state index < -0.39 is 12.0 Å². The van der Waals surface area contributed by atoms with Gasteiger partial charge >= 0.3 is 0 Å². The van der Waals surface area contributed by atoms with E-state index in [0.29, 0.717) is 65.7 Å². The van der Waals surface area contributed by atoms with Gasteiger partial charge in [0.25, 0.3) is 0 Å². The second-order valence-corrected chi connectivity index (χ2v) is 13.4. The predicted octanol–water partition coefficient (Wildman–Crippen LogP) is 9.08. The highest BCUT2D eigenvalue weighted by molar-refractivity contribution is 5.56. The summed E-state index contributed by atoms with van der Waals surface area (Å²) in [5.74, 6) is 1.14. The quantitative estimate of drug-likeness (QED) is 0.0938. The maximum atomic E-state index is 11.4. The lowest BCUT2D eigenvalue weighted by atomic mass is 9.83. The van der Waals surface area contributed by atoms with E-state index in [4.69, 9.17) is 14.2 Å². The molecule has 0 saturated heterocycles. The lowest BCUT2D eigenvalue weighted by Gasteiger charge is -2.30. The van der Waals surface area contributed by atoms with Gasteiger partial charge in [0.2, 0.25) is 0 Å². The van der Waals surface area contributed by atoms with E-state index in [1.165, 1.54) is 23.8 Å². The van der Waals surface area contributed by atoms with Crippen LogP contribution in [0.2, 0.25) is 0 Å². The van der Waals surface area contributed by atoms with Crippen LogP contribution in [0, 0.1) is 0 Å². The summed E-state index contributed by atoms with van der Waals surface area (Å²) >= 11 is 0. The van der Waals surface area contributed by atoms with Crippen molar-refractivity contribution in [3.8, 4) is 46.0 Å². The molecule has 5 N–H and O–H groups in total. The molecule has 1 heterocycles. The van der Waals surface area contributed by atoms with Crippen LogP contribution in [0.4, 0.5) is 0 Å². The normalized spacial score (nSPS) is 14.2. The zero-order chi connectivity index (χ0) is 36.1. The number of phenolic OH excluding ortho intramolecular Hbond substituents is 5. The Morgan fingerprint density at radius 3 is 2.06 bits per heavy atom. The summed E-state index contributed by atoms with van der Waals surface area (Å²) in [7, 11) is 3.21. The summed E-state index contributed by atoms with van der Waals surface area (Å²) in [4.78, 5) is 0. The lowest BCUT2D eigenvalue weighted by molar-refractivity contribution is 0.170. The highest BCUT2D eigenvalue weighted by atomic mass is 16.5. The Labute approximate surface area is 294 Å². The van der Waals surface area contributed by atoms with E-state index >= 15 is 0 Å². The molecule has 4 aromatic carbocycles. The van der Waals surface area contributed by atoms with Crippen molar-refractivity contribution < 1.29 is 39.7 Å². The largest absolute Gasteiger partial charge is 0.508 e. The molecule has 0 bridgehead atoms. The van der Waals surface area contributed by atoms with Crippen LogP contribution in [0.15, 0.2) is 77.9 Å². The third-order valence-electron chi connectivity index (χ3n) is 9.42. The first-order valence-corrected chi connectivity index (χ1v) is 17.0. The molecule has 1 aliphatic heterocycles. The maximum Gasteiger partial charge on any atom is 0.130 e. The van der Waals surface area contributed by atoms with Crippen molar-refractivity contribution in [1.82, 2.24) is 0 Å². The smallest absolute Gasteiger partial charge is 0.130 e. The standard InChI is InChI=1S/C42H48O8/c1-24(2)7-14-31-38(48-5)18-10-26(41(31)47)9-16-29(30-17-13-28(43)21-35(30)44)33-22-34(37(46)23-36(33)45)40-20-12-27-11-19-39(49-6)32(42(27)50-40)15-8-25(3)4/h7-8,10-11,13,17-19,21-23,29,40,43-47H,9,12,14-16,20H2,1-6H3/t29?,40-/m0/s1. The van der Waals surface area contributed by atoms with Gasteiger partial charge in [-0.05, 0) is 102 Å². The molecule has 5 rings (SSSR count). The first kappa shape index (κ1) is 36.1. The van der Waals surface area contributed by atoms with Crippen LogP contribution in [0.1, 0.15) is 91.5 Å². The van der Waals surface area contributed by atoms with Crippen LogP contribution in [-0.2, 0) is 25.7 Å². The van der Waals surface area contributed by atoms with Crippen molar-refractivity contribution in [3.63, 3.8) is 0 Å². The first-order chi connectivity index (χ1) is 23.9. The molecular formula is C42H48O8. The Kier molecular flexibility index (Phi) is 11.2. The topological polar surface area (TPSA) is 129 Å². The summed E-state index contributed by atoms with van der Waals surface area (Å²) in [5.41, 5.74) is 7.13. The van der Waals surface area contributed by atoms with Gasteiger partial charge in [-0.1, -0.05) is 41.5 Å². The molecule has 0 amide bonds. The summed E-state index contributed by atoms with van der Waals surface area (Å²) in [6, 6.07) is 15.1. The van der Waals surface area contributed by atoms with Gasteiger partial charge in [0.15, 0.2) is 0 Å².